The molecule has 0 unspecified atom stereocenters. The number of hydrogen-bond donors (Lipinski definition) is 3. The SMILES string of the molecule is CN1C(=O)C(C(=O)CCCCCCCCCCCCCCCCCCCCCO)=C(O)[C@H]1CC(=O)O. The Labute approximate surface area is 218 Å². The predicted octanol–water partition coefficient (Wildman–Crippen LogP) is 6.48. The summed E-state index contributed by atoms with van der Waals surface area (Å²) in [6, 6.07) is -0.947. The largest absolute Gasteiger partial charge is 0.509 e. The van der Waals surface area contributed by atoms with Crippen molar-refractivity contribution in [3.05, 3.63) is 11.3 Å². The van der Waals surface area contributed by atoms with Crippen molar-refractivity contribution in [1.82, 2.24) is 4.90 Å². The Kier molecular flexibility index (Phi) is 18.0. The first-order chi connectivity index (χ1) is 17.4. The first-order valence-electron chi connectivity index (χ1n) is 14.5. The number of unbranched alkanes of at least 4 members (excludes halogenated alkanes) is 18. The minimum Gasteiger partial charge on any atom is -0.509 e. The number of rotatable bonds is 24. The molecule has 0 fully saturated rings. The molecule has 0 bridgehead atoms. The van der Waals surface area contributed by atoms with Crippen molar-refractivity contribution >= 4 is 17.7 Å². The van der Waals surface area contributed by atoms with Gasteiger partial charge in [0, 0.05) is 20.1 Å². The van der Waals surface area contributed by atoms with E-state index in [9.17, 15) is 19.5 Å². The third kappa shape index (κ3) is 13.4. The van der Waals surface area contributed by atoms with Crippen LogP contribution in [0.5, 0.6) is 0 Å². The van der Waals surface area contributed by atoms with Crippen molar-refractivity contribution in [2.45, 2.75) is 141 Å². The van der Waals surface area contributed by atoms with Crippen LogP contribution >= 0.6 is 0 Å². The average molecular weight is 510 g/mol. The number of aliphatic carboxylic acids is 1. The van der Waals surface area contributed by atoms with Gasteiger partial charge in [0.15, 0.2) is 5.78 Å². The van der Waals surface area contributed by atoms with Gasteiger partial charge >= 0.3 is 5.97 Å². The second-order valence-electron chi connectivity index (χ2n) is 10.4. The number of carbonyl (C=O) groups is 3. The maximum Gasteiger partial charge on any atom is 0.305 e. The van der Waals surface area contributed by atoms with E-state index < -0.39 is 30.1 Å². The highest BCUT2D eigenvalue weighted by molar-refractivity contribution is 6.21. The number of amides is 1. The Morgan fingerprint density at radius 2 is 1.06 bits per heavy atom. The van der Waals surface area contributed by atoms with Crippen molar-refractivity contribution in [2.24, 2.45) is 0 Å². The van der Waals surface area contributed by atoms with Crippen LogP contribution in [0.1, 0.15) is 135 Å². The summed E-state index contributed by atoms with van der Waals surface area (Å²) >= 11 is 0. The minimum absolute atomic E-state index is 0.212. The second-order valence-corrected chi connectivity index (χ2v) is 10.4. The van der Waals surface area contributed by atoms with Crippen molar-refractivity contribution in [3.8, 4) is 0 Å². The molecule has 208 valence electrons. The molecule has 0 saturated heterocycles. The fourth-order valence-corrected chi connectivity index (χ4v) is 4.97. The third-order valence-electron chi connectivity index (χ3n) is 7.28. The lowest BCUT2D eigenvalue weighted by molar-refractivity contribution is -0.138. The van der Waals surface area contributed by atoms with E-state index in [0.29, 0.717) is 13.0 Å². The van der Waals surface area contributed by atoms with Crippen molar-refractivity contribution in [1.29, 1.82) is 0 Å². The van der Waals surface area contributed by atoms with Gasteiger partial charge in [-0.1, -0.05) is 109 Å². The maximum absolute atomic E-state index is 12.4. The normalized spacial score (nSPS) is 15.8. The first kappa shape index (κ1) is 32.1. The average Bonchev–Trinajstić information content (AvgIpc) is 3.05. The molecule has 0 saturated carbocycles. The van der Waals surface area contributed by atoms with Gasteiger partial charge in [-0.15, -0.1) is 0 Å². The number of Topliss-reactive ketones (excluding diaryl/α,β-unsaturated/α-hetero) is 1. The zero-order chi connectivity index (χ0) is 26.6. The molecule has 1 aliphatic rings. The molecule has 7 heteroatoms. The van der Waals surface area contributed by atoms with E-state index in [1.54, 1.807) is 0 Å². The van der Waals surface area contributed by atoms with Crippen LogP contribution in [-0.2, 0) is 14.4 Å². The lowest BCUT2D eigenvalue weighted by Crippen LogP contribution is -2.34. The third-order valence-corrected chi connectivity index (χ3v) is 7.28. The van der Waals surface area contributed by atoms with E-state index >= 15 is 0 Å². The van der Waals surface area contributed by atoms with E-state index in [4.69, 9.17) is 10.2 Å². The molecule has 3 N–H and O–H groups in total. The number of likely N-dealkylation sites (N-methyl/N-ethyl adjacent to an activating group) is 1. The minimum atomic E-state index is -1.12. The molecule has 0 aromatic rings. The van der Waals surface area contributed by atoms with Crippen LogP contribution in [0, 0.1) is 0 Å². The van der Waals surface area contributed by atoms with Crippen molar-refractivity contribution < 1.29 is 29.7 Å². The molecule has 0 aromatic carbocycles. The Morgan fingerprint density at radius 3 is 1.42 bits per heavy atom. The number of aliphatic hydroxyl groups is 2. The number of ketones is 1. The van der Waals surface area contributed by atoms with Gasteiger partial charge in [-0.3, -0.25) is 14.4 Å². The summed E-state index contributed by atoms with van der Waals surface area (Å²) in [5, 5.41) is 27.9. The van der Waals surface area contributed by atoms with Crippen LogP contribution < -0.4 is 0 Å². The second kappa shape index (κ2) is 20.2. The smallest absolute Gasteiger partial charge is 0.305 e. The fourth-order valence-electron chi connectivity index (χ4n) is 4.97. The molecule has 0 spiro atoms. The van der Waals surface area contributed by atoms with Crippen LogP contribution in [0.3, 0.4) is 0 Å². The van der Waals surface area contributed by atoms with Gasteiger partial charge in [-0.05, 0) is 12.8 Å². The highest BCUT2D eigenvalue weighted by Crippen LogP contribution is 2.27. The monoisotopic (exact) mass is 509 g/mol. The summed E-state index contributed by atoms with van der Waals surface area (Å²) in [6.07, 6.45) is 22.9. The van der Waals surface area contributed by atoms with Gasteiger partial charge in [0.1, 0.15) is 17.4 Å². The highest BCUT2D eigenvalue weighted by Gasteiger charge is 2.41. The van der Waals surface area contributed by atoms with Crippen LogP contribution in [0.25, 0.3) is 0 Å². The Morgan fingerprint density at radius 1 is 0.694 bits per heavy atom. The number of hydrogen-bond acceptors (Lipinski definition) is 5. The Bertz CT molecular complexity index is 675. The number of aliphatic hydroxyl groups excluding tert-OH is 2. The van der Waals surface area contributed by atoms with E-state index in [0.717, 1.165) is 30.6 Å². The van der Waals surface area contributed by atoms with E-state index in [2.05, 4.69) is 0 Å². The summed E-state index contributed by atoms with van der Waals surface area (Å²) < 4.78 is 0. The Balaban J connectivity index is 1.93. The van der Waals surface area contributed by atoms with E-state index in [-0.39, 0.29) is 17.8 Å². The Hall–Kier alpha value is -1.89. The molecule has 1 rings (SSSR count). The van der Waals surface area contributed by atoms with Gasteiger partial charge in [-0.25, -0.2) is 0 Å². The van der Waals surface area contributed by atoms with Crippen LogP contribution in [0.2, 0.25) is 0 Å². The number of carboxylic acid groups (broad SMARTS) is 1. The van der Waals surface area contributed by atoms with Crippen LogP contribution in [0.15, 0.2) is 11.3 Å². The topological polar surface area (TPSA) is 115 Å². The van der Waals surface area contributed by atoms with Gasteiger partial charge in [0.2, 0.25) is 0 Å². The quantitative estimate of drug-likeness (QED) is 0.101. The molecule has 36 heavy (non-hydrogen) atoms. The summed E-state index contributed by atoms with van der Waals surface area (Å²) in [6.45, 7) is 0.333. The lowest BCUT2D eigenvalue weighted by Gasteiger charge is -2.18. The summed E-state index contributed by atoms with van der Waals surface area (Å²) in [5.41, 5.74) is -0.228. The molecule has 1 heterocycles. The van der Waals surface area contributed by atoms with Gasteiger partial charge in [-0.2, -0.15) is 0 Å². The zero-order valence-electron chi connectivity index (χ0n) is 22.6. The molecular formula is C29H51NO6. The van der Waals surface area contributed by atoms with E-state index in [1.165, 1.54) is 96.9 Å². The lowest BCUT2D eigenvalue weighted by atomic mass is 10.0. The molecular weight excluding hydrogens is 458 g/mol. The maximum atomic E-state index is 12.4. The molecule has 1 aliphatic heterocycles. The summed E-state index contributed by atoms with van der Waals surface area (Å²) in [5.74, 6) is -2.48. The molecule has 1 atom stereocenters. The first-order valence-corrected chi connectivity index (χ1v) is 14.5. The van der Waals surface area contributed by atoms with Crippen molar-refractivity contribution in [2.75, 3.05) is 13.7 Å². The van der Waals surface area contributed by atoms with Crippen molar-refractivity contribution in [3.63, 3.8) is 0 Å². The van der Waals surface area contributed by atoms with E-state index in [1.807, 2.05) is 0 Å². The number of carbonyl (C=O) groups excluding carboxylic acids is 2. The predicted molar refractivity (Wildman–Crippen MR) is 143 cm³/mol. The molecule has 0 radical (unpaired) electrons. The zero-order valence-corrected chi connectivity index (χ0v) is 22.6. The van der Waals surface area contributed by atoms with Gasteiger partial charge < -0.3 is 20.2 Å². The number of nitrogens with zero attached hydrogens (tertiary/aromatic N) is 1. The fraction of sp³-hybridized carbons (Fsp3) is 0.828. The standard InChI is InChI=1S/C29H51NO6/c1-30-24(23-26(33)34)28(35)27(29(30)36)25(32)21-19-17-15-13-11-9-7-5-3-2-4-6-8-10-12-14-16-18-20-22-31/h24,31,35H,2-23H2,1H3,(H,33,34)/t24-/m1/s1. The molecule has 7 nitrogen and oxygen atoms in total. The number of carboxylic acids is 1. The summed E-state index contributed by atoms with van der Waals surface area (Å²) in [4.78, 5) is 36.7. The molecule has 1 amide bonds. The molecule has 0 aromatic heterocycles. The van der Waals surface area contributed by atoms with Gasteiger partial charge in [0.05, 0.1) is 6.42 Å². The van der Waals surface area contributed by atoms with Crippen LogP contribution in [-0.4, -0.2) is 57.6 Å². The van der Waals surface area contributed by atoms with Crippen LogP contribution in [0.4, 0.5) is 0 Å². The summed E-state index contributed by atoms with van der Waals surface area (Å²) in [7, 11) is 1.42. The van der Waals surface area contributed by atoms with Gasteiger partial charge in [0.25, 0.3) is 5.91 Å². The highest BCUT2D eigenvalue weighted by atomic mass is 16.4. The molecule has 0 aliphatic carbocycles.